The van der Waals surface area contributed by atoms with Gasteiger partial charge in [-0.25, -0.2) is 0 Å². The van der Waals surface area contributed by atoms with Gasteiger partial charge in [0, 0.05) is 13.0 Å². The Hall–Kier alpha value is -1.33. The van der Waals surface area contributed by atoms with Crippen LogP contribution in [0.5, 0.6) is 0 Å². The van der Waals surface area contributed by atoms with Crippen molar-refractivity contribution < 1.29 is 4.42 Å². The first-order valence-corrected chi connectivity index (χ1v) is 5.33. The van der Waals surface area contributed by atoms with E-state index in [1.807, 2.05) is 12.1 Å². The molecule has 2 heterocycles. The first-order chi connectivity index (χ1) is 7.75. The highest BCUT2D eigenvalue weighted by atomic mass is 35.5. The normalized spacial score (nSPS) is 10.4. The standard InChI is InChI=1S/C9H8Cl2N4O/c10-7-8(13-9(11)15-14-7)12-4-3-6-2-1-5-16-6/h1-2,5H,3-4H2,(H,12,13,15). The summed E-state index contributed by atoms with van der Waals surface area (Å²) in [6, 6.07) is 3.74. The van der Waals surface area contributed by atoms with Crippen LogP contribution < -0.4 is 5.32 Å². The smallest absolute Gasteiger partial charge is 0.245 e. The van der Waals surface area contributed by atoms with Gasteiger partial charge in [-0.1, -0.05) is 11.6 Å². The predicted molar refractivity (Wildman–Crippen MR) is 60.7 cm³/mol. The molecule has 0 saturated heterocycles. The molecule has 5 nitrogen and oxygen atoms in total. The zero-order chi connectivity index (χ0) is 11.4. The van der Waals surface area contributed by atoms with E-state index in [4.69, 9.17) is 27.6 Å². The predicted octanol–water partition coefficient (Wildman–Crippen LogP) is 2.43. The van der Waals surface area contributed by atoms with Gasteiger partial charge in [-0.2, -0.15) is 4.98 Å². The van der Waals surface area contributed by atoms with Crippen LogP contribution in [-0.2, 0) is 6.42 Å². The van der Waals surface area contributed by atoms with Gasteiger partial charge in [0.15, 0.2) is 11.0 Å². The molecule has 84 valence electrons. The maximum Gasteiger partial charge on any atom is 0.245 e. The summed E-state index contributed by atoms with van der Waals surface area (Å²) in [7, 11) is 0. The van der Waals surface area contributed by atoms with E-state index < -0.39 is 0 Å². The molecule has 2 aromatic heterocycles. The van der Waals surface area contributed by atoms with Crippen molar-refractivity contribution in [1.29, 1.82) is 0 Å². The molecule has 0 atom stereocenters. The van der Waals surface area contributed by atoms with Gasteiger partial charge < -0.3 is 9.73 Å². The van der Waals surface area contributed by atoms with Crippen LogP contribution in [0.2, 0.25) is 10.4 Å². The van der Waals surface area contributed by atoms with E-state index in [1.54, 1.807) is 6.26 Å². The van der Waals surface area contributed by atoms with E-state index in [1.165, 1.54) is 0 Å². The summed E-state index contributed by atoms with van der Waals surface area (Å²) < 4.78 is 5.18. The van der Waals surface area contributed by atoms with Crippen molar-refractivity contribution in [3.8, 4) is 0 Å². The molecule has 0 spiro atoms. The summed E-state index contributed by atoms with van der Waals surface area (Å²) in [5.41, 5.74) is 0. The van der Waals surface area contributed by atoms with Crippen molar-refractivity contribution in [1.82, 2.24) is 15.2 Å². The second-order valence-corrected chi connectivity index (χ2v) is 3.67. The average Bonchev–Trinajstić information content (AvgIpc) is 2.76. The van der Waals surface area contributed by atoms with E-state index in [0.29, 0.717) is 12.4 Å². The molecule has 0 bridgehead atoms. The van der Waals surface area contributed by atoms with Crippen LogP contribution in [0.4, 0.5) is 5.82 Å². The molecule has 0 radical (unpaired) electrons. The molecule has 2 aromatic rings. The first kappa shape index (κ1) is 11.2. The molecule has 0 amide bonds. The van der Waals surface area contributed by atoms with E-state index >= 15 is 0 Å². The highest BCUT2D eigenvalue weighted by Gasteiger charge is 2.05. The van der Waals surface area contributed by atoms with E-state index in [-0.39, 0.29) is 10.4 Å². The summed E-state index contributed by atoms with van der Waals surface area (Å²) in [4.78, 5) is 3.91. The van der Waals surface area contributed by atoms with Crippen molar-refractivity contribution in [2.45, 2.75) is 6.42 Å². The molecule has 0 aromatic carbocycles. The van der Waals surface area contributed by atoms with Gasteiger partial charge in [0.2, 0.25) is 5.28 Å². The Balaban J connectivity index is 1.92. The van der Waals surface area contributed by atoms with Crippen LogP contribution in [0.1, 0.15) is 5.76 Å². The molecule has 0 aliphatic carbocycles. The molecule has 0 fully saturated rings. The van der Waals surface area contributed by atoms with Gasteiger partial charge in [-0.3, -0.25) is 0 Å². The zero-order valence-corrected chi connectivity index (χ0v) is 9.66. The second-order valence-electron chi connectivity index (χ2n) is 2.98. The van der Waals surface area contributed by atoms with Gasteiger partial charge >= 0.3 is 0 Å². The van der Waals surface area contributed by atoms with Crippen molar-refractivity contribution in [2.75, 3.05) is 11.9 Å². The molecule has 1 N–H and O–H groups in total. The maximum absolute atomic E-state index is 5.78. The number of aromatic nitrogens is 3. The summed E-state index contributed by atoms with van der Waals surface area (Å²) >= 11 is 11.4. The Kier molecular flexibility index (Phi) is 3.58. The number of halogens is 2. The van der Waals surface area contributed by atoms with Crippen LogP contribution in [0.25, 0.3) is 0 Å². The van der Waals surface area contributed by atoms with Gasteiger partial charge in [0.05, 0.1) is 6.26 Å². The lowest BCUT2D eigenvalue weighted by atomic mass is 10.3. The SMILES string of the molecule is Clc1nnc(Cl)c(NCCc2ccco2)n1. The average molecular weight is 259 g/mol. The maximum atomic E-state index is 5.78. The molecule has 7 heteroatoms. The van der Waals surface area contributed by atoms with Crippen molar-refractivity contribution in [2.24, 2.45) is 0 Å². The third kappa shape index (κ3) is 2.84. The number of rotatable bonds is 4. The minimum atomic E-state index is 0.0601. The van der Waals surface area contributed by atoms with Crippen LogP contribution >= 0.6 is 23.2 Å². The van der Waals surface area contributed by atoms with Crippen LogP contribution in [0, 0.1) is 0 Å². The number of anilines is 1. The Morgan fingerprint density at radius 3 is 2.94 bits per heavy atom. The Bertz CT molecular complexity index is 461. The lowest BCUT2D eigenvalue weighted by molar-refractivity contribution is 0.513. The Labute approximate surface area is 102 Å². The summed E-state index contributed by atoms with van der Waals surface area (Å²) in [5, 5.41) is 10.4. The molecular weight excluding hydrogens is 251 g/mol. The fraction of sp³-hybridized carbons (Fsp3) is 0.222. The Morgan fingerprint density at radius 1 is 1.31 bits per heavy atom. The molecule has 16 heavy (non-hydrogen) atoms. The highest BCUT2D eigenvalue weighted by Crippen LogP contribution is 2.16. The number of hydrogen-bond donors (Lipinski definition) is 1. The van der Waals surface area contributed by atoms with Crippen molar-refractivity contribution in [3.63, 3.8) is 0 Å². The summed E-state index contributed by atoms with van der Waals surface area (Å²) in [6.45, 7) is 0.627. The minimum Gasteiger partial charge on any atom is -0.469 e. The molecule has 0 saturated carbocycles. The topological polar surface area (TPSA) is 63.8 Å². The largest absolute Gasteiger partial charge is 0.469 e. The molecule has 2 rings (SSSR count). The quantitative estimate of drug-likeness (QED) is 0.913. The van der Waals surface area contributed by atoms with Crippen LogP contribution in [0.15, 0.2) is 22.8 Å². The van der Waals surface area contributed by atoms with Crippen LogP contribution in [-0.4, -0.2) is 21.7 Å². The van der Waals surface area contributed by atoms with Gasteiger partial charge in [0.25, 0.3) is 0 Å². The minimum absolute atomic E-state index is 0.0601. The number of furan rings is 1. The van der Waals surface area contributed by atoms with Crippen molar-refractivity contribution >= 4 is 29.0 Å². The molecule has 0 aliphatic heterocycles. The molecule has 0 aliphatic rings. The van der Waals surface area contributed by atoms with Gasteiger partial charge in [-0.05, 0) is 23.7 Å². The van der Waals surface area contributed by atoms with Gasteiger partial charge in [-0.15, -0.1) is 10.2 Å². The number of nitrogens with one attached hydrogen (secondary N) is 1. The van der Waals surface area contributed by atoms with E-state index in [0.717, 1.165) is 12.2 Å². The monoisotopic (exact) mass is 258 g/mol. The number of nitrogens with zero attached hydrogens (tertiary/aromatic N) is 3. The lowest BCUT2D eigenvalue weighted by Gasteiger charge is -2.04. The third-order valence-corrected chi connectivity index (χ3v) is 2.28. The third-order valence-electron chi connectivity index (χ3n) is 1.86. The van der Waals surface area contributed by atoms with E-state index in [9.17, 15) is 0 Å². The van der Waals surface area contributed by atoms with Gasteiger partial charge in [0.1, 0.15) is 5.76 Å². The lowest BCUT2D eigenvalue weighted by Crippen LogP contribution is -2.07. The summed E-state index contributed by atoms with van der Waals surface area (Å²) in [5.74, 6) is 1.31. The fourth-order valence-electron chi connectivity index (χ4n) is 1.16. The van der Waals surface area contributed by atoms with Crippen molar-refractivity contribution in [3.05, 3.63) is 34.6 Å². The number of hydrogen-bond acceptors (Lipinski definition) is 5. The highest BCUT2D eigenvalue weighted by molar-refractivity contribution is 6.32. The summed E-state index contributed by atoms with van der Waals surface area (Å²) in [6.07, 6.45) is 2.36. The van der Waals surface area contributed by atoms with E-state index in [2.05, 4.69) is 20.5 Å². The first-order valence-electron chi connectivity index (χ1n) is 4.57. The second kappa shape index (κ2) is 5.14. The zero-order valence-electron chi connectivity index (χ0n) is 8.15. The fourth-order valence-corrected chi connectivity index (χ4v) is 1.43. The molecular formula is C9H8Cl2N4O. The molecule has 0 unspecified atom stereocenters. The Morgan fingerprint density at radius 2 is 2.19 bits per heavy atom. The van der Waals surface area contributed by atoms with Crippen LogP contribution in [0.3, 0.4) is 0 Å².